The summed E-state index contributed by atoms with van der Waals surface area (Å²) in [6, 6.07) is 0. The SMILES string of the molecule is C=C.CCCOCC(COC(=O)CC(=O)ON1C(=O)CCC1=O)OCCC.CCCOCC(COC(=O)CCCCCC(=O)ON1C(=O)CCC1=O)OCCC. The fraction of sp³-hybridized carbons (Fsp3) is 0.737. The summed E-state index contributed by atoms with van der Waals surface area (Å²) in [5, 5.41) is 0.933. The van der Waals surface area contributed by atoms with Crippen LogP contribution < -0.4 is 0 Å². The molecule has 0 spiro atoms. The minimum Gasteiger partial charge on any atom is -0.463 e. The lowest BCUT2D eigenvalue weighted by Crippen LogP contribution is -2.33. The molecule has 0 saturated carbocycles. The van der Waals surface area contributed by atoms with Gasteiger partial charge in [-0.05, 0) is 38.5 Å². The van der Waals surface area contributed by atoms with Gasteiger partial charge in [-0.15, -0.1) is 23.3 Å². The first kappa shape index (κ1) is 51.7. The molecule has 2 fully saturated rings. The molecule has 0 aromatic rings. The average Bonchev–Trinajstić information content (AvgIpc) is 3.67. The number of carbonyl (C=O) groups excluding carboxylic acids is 8. The second kappa shape index (κ2) is 32.9. The lowest BCUT2D eigenvalue weighted by atomic mass is 10.1. The standard InChI is InChI=1S/C20H33NO8.C16H25NO8.C2H4/c1-3-12-26-14-16(27-13-4-2)15-28-19(24)8-6-5-7-9-20(25)29-21-17(22)10-11-18(21)23;1-3-7-22-10-12(23-8-4-2)11-24-15(20)9-16(21)25-17-13(18)5-6-14(17)19;1-2/h16H,3-15H2,1-2H3;12H,3-11H2,1-2H3;1-2H2. The Morgan fingerprint density at radius 2 is 0.893 bits per heavy atom. The van der Waals surface area contributed by atoms with Gasteiger partial charge in [-0.2, -0.15) is 0 Å². The molecule has 2 heterocycles. The van der Waals surface area contributed by atoms with E-state index >= 15 is 0 Å². The molecule has 18 heteroatoms. The summed E-state index contributed by atoms with van der Waals surface area (Å²) < 4.78 is 32.2. The van der Waals surface area contributed by atoms with Gasteiger partial charge in [0.25, 0.3) is 23.6 Å². The molecule has 0 aromatic heterocycles. The third-order valence-electron chi connectivity index (χ3n) is 7.23. The molecule has 2 saturated heterocycles. The van der Waals surface area contributed by atoms with E-state index in [0.29, 0.717) is 62.4 Å². The molecule has 0 radical (unpaired) electrons. The third kappa shape index (κ3) is 24.3. The molecule has 56 heavy (non-hydrogen) atoms. The number of rotatable bonds is 28. The highest BCUT2D eigenvalue weighted by molar-refractivity contribution is 6.02. The molecule has 4 amide bonds. The fourth-order valence-corrected chi connectivity index (χ4v) is 4.50. The number of carbonyl (C=O) groups is 8. The van der Waals surface area contributed by atoms with Crippen molar-refractivity contribution in [1.29, 1.82) is 0 Å². The zero-order valence-electron chi connectivity index (χ0n) is 33.6. The van der Waals surface area contributed by atoms with Gasteiger partial charge in [-0.25, -0.2) is 9.59 Å². The molecule has 0 bridgehead atoms. The molecule has 2 atom stereocenters. The number of esters is 2. The van der Waals surface area contributed by atoms with Crippen LogP contribution in [0.25, 0.3) is 0 Å². The highest BCUT2D eigenvalue weighted by Crippen LogP contribution is 2.15. The van der Waals surface area contributed by atoms with E-state index in [0.717, 1.165) is 25.7 Å². The van der Waals surface area contributed by atoms with E-state index in [9.17, 15) is 38.4 Å². The number of hydrogen-bond donors (Lipinski definition) is 0. The van der Waals surface area contributed by atoms with E-state index in [1.807, 2.05) is 27.7 Å². The first-order chi connectivity index (χ1) is 26.9. The van der Waals surface area contributed by atoms with Gasteiger partial charge in [0.1, 0.15) is 31.8 Å². The number of imide groups is 2. The topological polar surface area (TPSA) is 217 Å². The molecular weight excluding hydrogens is 740 g/mol. The van der Waals surface area contributed by atoms with Crippen molar-refractivity contribution in [1.82, 2.24) is 10.1 Å². The van der Waals surface area contributed by atoms with Crippen LogP contribution in [0.5, 0.6) is 0 Å². The van der Waals surface area contributed by atoms with Crippen molar-refractivity contribution in [3.05, 3.63) is 13.2 Å². The van der Waals surface area contributed by atoms with Crippen LogP contribution in [0.15, 0.2) is 13.2 Å². The van der Waals surface area contributed by atoms with Gasteiger partial charge in [0.2, 0.25) is 0 Å². The number of nitrogens with zero attached hydrogens (tertiary/aromatic N) is 2. The Morgan fingerprint density at radius 3 is 1.30 bits per heavy atom. The molecule has 2 rings (SSSR count). The number of amides is 4. The smallest absolute Gasteiger partial charge is 0.344 e. The number of ether oxygens (including phenoxy) is 6. The van der Waals surface area contributed by atoms with Gasteiger partial charge in [-0.3, -0.25) is 28.8 Å². The van der Waals surface area contributed by atoms with Gasteiger partial charge in [0.15, 0.2) is 0 Å². The van der Waals surface area contributed by atoms with Crippen LogP contribution in [-0.4, -0.2) is 123 Å². The summed E-state index contributed by atoms with van der Waals surface area (Å²) in [5.74, 6) is -4.99. The summed E-state index contributed by atoms with van der Waals surface area (Å²) in [6.45, 7) is 17.0. The van der Waals surface area contributed by atoms with Crippen LogP contribution in [0.1, 0.15) is 118 Å². The largest absolute Gasteiger partial charge is 0.463 e. The maximum absolute atomic E-state index is 11.9. The Labute approximate surface area is 329 Å². The molecule has 2 aliphatic heterocycles. The minimum atomic E-state index is -1.03. The molecule has 0 N–H and O–H groups in total. The van der Waals surface area contributed by atoms with Crippen molar-refractivity contribution >= 4 is 47.5 Å². The predicted octanol–water partition coefficient (Wildman–Crippen LogP) is 3.86. The van der Waals surface area contributed by atoms with Crippen LogP contribution in [0.3, 0.4) is 0 Å². The Hall–Kier alpha value is -4.26. The van der Waals surface area contributed by atoms with Crippen molar-refractivity contribution in [3.8, 4) is 0 Å². The zero-order chi connectivity index (χ0) is 42.1. The van der Waals surface area contributed by atoms with Gasteiger partial charge >= 0.3 is 23.9 Å². The molecule has 2 aliphatic rings. The monoisotopic (exact) mass is 802 g/mol. The maximum Gasteiger partial charge on any atom is 0.344 e. The lowest BCUT2D eigenvalue weighted by Gasteiger charge is -2.18. The van der Waals surface area contributed by atoms with Gasteiger partial charge in [-0.1, -0.05) is 34.1 Å². The predicted molar refractivity (Wildman–Crippen MR) is 198 cm³/mol. The van der Waals surface area contributed by atoms with Gasteiger partial charge in [0, 0.05) is 65.0 Å². The Bertz CT molecular complexity index is 1180. The Kier molecular flexibility index (Phi) is 30.4. The summed E-state index contributed by atoms with van der Waals surface area (Å²) in [5.41, 5.74) is 0. The molecule has 0 aliphatic carbocycles. The summed E-state index contributed by atoms with van der Waals surface area (Å²) in [4.78, 5) is 102. The quantitative estimate of drug-likeness (QED) is 0.0361. The van der Waals surface area contributed by atoms with E-state index in [1.165, 1.54) is 0 Å². The summed E-state index contributed by atoms with van der Waals surface area (Å²) >= 11 is 0. The van der Waals surface area contributed by atoms with E-state index in [2.05, 4.69) is 18.0 Å². The number of hydroxylamine groups is 4. The Balaban J connectivity index is 0.00000104. The zero-order valence-corrected chi connectivity index (χ0v) is 33.6. The number of unbranched alkanes of at least 4 members (excludes halogenated alkanes) is 2. The molecule has 18 nitrogen and oxygen atoms in total. The average molecular weight is 803 g/mol. The maximum atomic E-state index is 11.9. The van der Waals surface area contributed by atoms with Crippen LogP contribution in [0.2, 0.25) is 0 Å². The minimum absolute atomic E-state index is 0.00916. The summed E-state index contributed by atoms with van der Waals surface area (Å²) in [7, 11) is 0. The summed E-state index contributed by atoms with van der Waals surface area (Å²) in [6.07, 6.45) is 4.21. The van der Waals surface area contributed by atoms with Crippen LogP contribution in [0.4, 0.5) is 0 Å². The van der Waals surface area contributed by atoms with Crippen molar-refractivity contribution < 1.29 is 76.5 Å². The van der Waals surface area contributed by atoms with Crippen molar-refractivity contribution in [3.63, 3.8) is 0 Å². The first-order valence-corrected chi connectivity index (χ1v) is 19.3. The molecule has 2 unspecified atom stereocenters. The van der Waals surface area contributed by atoms with E-state index in [-0.39, 0.29) is 70.4 Å². The Morgan fingerprint density at radius 1 is 0.518 bits per heavy atom. The van der Waals surface area contributed by atoms with Crippen molar-refractivity contribution in [2.45, 2.75) is 130 Å². The van der Waals surface area contributed by atoms with Gasteiger partial charge in [0.05, 0.1) is 13.2 Å². The highest BCUT2D eigenvalue weighted by Gasteiger charge is 2.34. The van der Waals surface area contributed by atoms with Crippen LogP contribution in [-0.2, 0) is 76.5 Å². The second-order valence-corrected chi connectivity index (χ2v) is 12.3. The number of hydrogen-bond acceptors (Lipinski definition) is 16. The molecular formula is C38H62N2O16. The molecule has 320 valence electrons. The van der Waals surface area contributed by atoms with E-state index in [1.54, 1.807) is 0 Å². The van der Waals surface area contributed by atoms with Crippen molar-refractivity contribution in [2.24, 2.45) is 0 Å². The second-order valence-electron chi connectivity index (χ2n) is 12.3. The normalized spacial score (nSPS) is 14.6. The van der Waals surface area contributed by atoms with Crippen LogP contribution >= 0.6 is 0 Å². The first-order valence-electron chi connectivity index (χ1n) is 19.3. The lowest BCUT2D eigenvalue weighted by molar-refractivity contribution is -0.199. The highest BCUT2D eigenvalue weighted by atomic mass is 16.7. The van der Waals surface area contributed by atoms with E-state index < -0.39 is 54.1 Å². The molecule has 0 aromatic carbocycles. The fourth-order valence-electron chi connectivity index (χ4n) is 4.50. The third-order valence-corrected chi connectivity index (χ3v) is 7.23. The van der Waals surface area contributed by atoms with Crippen molar-refractivity contribution in [2.75, 3.05) is 52.9 Å². The van der Waals surface area contributed by atoms with Crippen LogP contribution in [0, 0.1) is 0 Å². The van der Waals surface area contributed by atoms with Gasteiger partial charge < -0.3 is 38.1 Å². The van der Waals surface area contributed by atoms with E-state index in [4.69, 9.17) is 33.3 Å².